The Morgan fingerprint density at radius 2 is 1.88 bits per heavy atom. The van der Waals surface area contributed by atoms with Crippen molar-refractivity contribution in [3.63, 3.8) is 0 Å². The number of hydrogen-bond acceptors (Lipinski definition) is 5. The molecule has 0 aliphatic rings. The Hall–Kier alpha value is -4.08. The van der Waals surface area contributed by atoms with E-state index in [1.807, 2.05) is 13.8 Å². The summed E-state index contributed by atoms with van der Waals surface area (Å²) in [7, 11) is 0. The summed E-state index contributed by atoms with van der Waals surface area (Å²) in [5.74, 6) is -0.270. The summed E-state index contributed by atoms with van der Waals surface area (Å²) in [6, 6.07) is 11.6. The zero-order valence-corrected chi connectivity index (χ0v) is 18.1. The molecule has 0 aliphatic heterocycles. The van der Waals surface area contributed by atoms with Gasteiger partial charge in [0.15, 0.2) is 11.2 Å². The molecule has 10 heteroatoms. The van der Waals surface area contributed by atoms with E-state index in [1.165, 1.54) is 41.2 Å². The normalized spacial score (nSPS) is 11.4. The first-order chi connectivity index (χ1) is 15.8. The molecule has 9 nitrogen and oxygen atoms in total. The molecular weight excluding hydrogens is 429 g/mol. The molecule has 0 bridgehead atoms. The molecule has 0 saturated carbocycles. The van der Waals surface area contributed by atoms with Crippen molar-refractivity contribution in [3.05, 3.63) is 97.2 Å². The summed E-state index contributed by atoms with van der Waals surface area (Å²) >= 11 is 0. The predicted molar refractivity (Wildman–Crippen MR) is 121 cm³/mol. The number of nitrogens with zero attached hydrogens (tertiary/aromatic N) is 5. The van der Waals surface area contributed by atoms with Crippen molar-refractivity contribution < 1.29 is 9.31 Å². The van der Waals surface area contributed by atoms with E-state index in [9.17, 15) is 24.1 Å². The van der Waals surface area contributed by atoms with Gasteiger partial charge in [-0.3, -0.25) is 19.5 Å². The maximum atomic E-state index is 13.9. The molecule has 0 radical (unpaired) electrons. The van der Waals surface area contributed by atoms with E-state index < -0.39 is 22.0 Å². The Kier molecular flexibility index (Phi) is 5.91. The summed E-state index contributed by atoms with van der Waals surface area (Å²) < 4.78 is 17.9. The number of aromatic nitrogens is 4. The van der Waals surface area contributed by atoms with Crippen molar-refractivity contribution in [1.29, 1.82) is 0 Å². The summed E-state index contributed by atoms with van der Waals surface area (Å²) in [6.07, 6.45) is 2.01. The van der Waals surface area contributed by atoms with E-state index in [4.69, 9.17) is 0 Å². The lowest BCUT2D eigenvalue weighted by atomic mass is 10.1. The van der Waals surface area contributed by atoms with Gasteiger partial charge < -0.3 is 4.57 Å². The Morgan fingerprint density at radius 1 is 1.12 bits per heavy atom. The van der Waals surface area contributed by atoms with Crippen LogP contribution in [0.25, 0.3) is 16.9 Å². The van der Waals surface area contributed by atoms with E-state index in [0.717, 1.165) is 4.57 Å². The van der Waals surface area contributed by atoms with Crippen molar-refractivity contribution in [3.8, 4) is 5.69 Å². The average Bonchev–Trinajstić information content (AvgIpc) is 3.17. The van der Waals surface area contributed by atoms with Crippen LogP contribution in [0, 0.1) is 21.8 Å². The molecule has 0 spiro atoms. The fourth-order valence-corrected chi connectivity index (χ4v) is 3.70. The lowest BCUT2D eigenvalue weighted by Gasteiger charge is -2.13. The highest BCUT2D eigenvalue weighted by molar-refractivity contribution is 5.72. The van der Waals surface area contributed by atoms with Gasteiger partial charge in [-0.05, 0) is 36.1 Å². The summed E-state index contributed by atoms with van der Waals surface area (Å²) in [6.45, 7) is 4.31. The smallest absolute Gasteiger partial charge is 0.320 e. The second-order valence-electron chi connectivity index (χ2n) is 8.21. The molecule has 4 rings (SSSR count). The SMILES string of the molecule is CC(C)CCn1c(=O)c2c(ncn2Cc2cccc([N+](=O)[O-])c2)n(-c2cccc(F)c2)c1=O. The van der Waals surface area contributed by atoms with Crippen LogP contribution >= 0.6 is 0 Å². The van der Waals surface area contributed by atoms with Crippen molar-refractivity contribution in [2.75, 3.05) is 0 Å². The molecule has 0 saturated heterocycles. The average molecular weight is 451 g/mol. The third-order valence-corrected chi connectivity index (χ3v) is 5.37. The van der Waals surface area contributed by atoms with Gasteiger partial charge in [0.2, 0.25) is 0 Å². The summed E-state index contributed by atoms with van der Waals surface area (Å²) in [4.78, 5) is 41.6. The van der Waals surface area contributed by atoms with Crippen molar-refractivity contribution >= 4 is 16.9 Å². The number of fused-ring (bicyclic) bond motifs is 1. The molecule has 0 amide bonds. The molecule has 0 fully saturated rings. The molecule has 0 atom stereocenters. The van der Waals surface area contributed by atoms with Gasteiger partial charge in [0.05, 0.1) is 16.9 Å². The van der Waals surface area contributed by atoms with E-state index in [-0.39, 0.29) is 41.5 Å². The van der Waals surface area contributed by atoms with Crippen LogP contribution in [0.2, 0.25) is 0 Å². The number of non-ortho nitro benzene ring substituents is 1. The molecule has 4 aromatic rings. The number of nitro benzene ring substituents is 1. The molecule has 2 aromatic carbocycles. The van der Waals surface area contributed by atoms with Gasteiger partial charge in [0, 0.05) is 25.2 Å². The highest BCUT2D eigenvalue weighted by atomic mass is 19.1. The van der Waals surface area contributed by atoms with Gasteiger partial charge in [-0.1, -0.05) is 32.0 Å². The van der Waals surface area contributed by atoms with Crippen molar-refractivity contribution in [2.24, 2.45) is 5.92 Å². The number of rotatable bonds is 7. The lowest BCUT2D eigenvalue weighted by molar-refractivity contribution is -0.384. The second-order valence-corrected chi connectivity index (χ2v) is 8.21. The highest BCUT2D eigenvalue weighted by Crippen LogP contribution is 2.18. The van der Waals surface area contributed by atoms with Crippen LogP contribution < -0.4 is 11.2 Å². The van der Waals surface area contributed by atoms with Crippen molar-refractivity contribution in [2.45, 2.75) is 33.4 Å². The third-order valence-electron chi connectivity index (χ3n) is 5.37. The van der Waals surface area contributed by atoms with E-state index in [0.29, 0.717) is 12.0 Å². The number of halogens is 1. The van der Waals surface area contributed by atoms with Crippen LogP contribution in [0.5, 0.6) is 0 Å². The van der Waals surface area contributed by atoms with Gasteiger partial charge >= 0.3 is 5.69 Å². The maximum absolute atomic E-state index is 13.9. The Labute approximate surface area is 187 Å². The molecule has 2 heterocycles. The minimum Gasteiger partial charge on any atom is -0.320 e. The molecule has 0 N–H and O–H groups in total. The van der Waals surface area contributed by atoms with E-state index in [2.05, 4.69) is 4.98 Å². The molecule has 33 heavy (non-hydrogen) atoms. The number of hydrogen-bond donors (Lipinski definition) is 0. The number of benzene rings is 2. The quantitative estimate of drug-likeness (QED) is 0.316. The monoisotopic (exact) mass is 451 g/mol. The first kappa shape index (κ1) is 22.1. The van der Waals surface area contributed by atoms with E-state index in [1.54, 1.807) is 22.8 Å². The first-order valence-electron chi connectivity index (χ1n) is 10.5. The van der Waals surface area contributed by atoms with Crippen LogP contribution in [-0.4, -0.2) is 23.6 Å². The third kappa shape index (κ3) is 4.32. The van der Waals surface area contributed by atoms with Crippen LogP contribution in [0.3, 0.4) is 0 Å². The van der Waals surface area contributed by atoms with Crippen molar-refractivity contribution in [1.82, 2.24) is 18.7 Å². The van der Waals surface area contributed by atoms with Gasteiger partial charge in [0.1, 0.15) is 5.82 Å². The zero-order chi connectivity index (χ0) is 23.7. The van der Waals surface area contributed by atoms with Gasteiger partial charge in [-0.2, -0.15) is 0 Å². The molecule has 2 aromatic heterocycles. The Bertz CT molecular complexity index is 1470. The summed E-state index contributed by atoms with van der Waals surface area (Å²) in [5, 5.41) is 11.1. The van der Waals surface area contributed by atoms with Crippen LogP contribution in [-0.2, 0) is 13.1 Å². The Morgan fingerprint density at radius 3 is 2.58 bits per heavy atom. The van der Waals surface area contributed by atoms with Crippen LogP contribution in [0.4, 0.5) is 10.1 Å². The fraction of sp³-hybridized carbons (Fsp3) is 0.261. The standard InChI is InChI=1S/C23H22FN5O4/c1-15(2)9-10-27-22(30)20-21(28(23(27)31)18-7-4-6-17(24)12-18)25-14-26(20)13-16-5-3-8-19(11-16)29(32)33/h3-8,11-12,14-15H,9-10,13H2,1-2H3. The lowest BCUT2D eigenvalue weighted by Crippen LogP contribution is -2.40. The fourth-order valence-electron chi connectivity index (χ4n) is 3.70. The largest absolute Gasteiger partial charge is 0.337 e. The minimum atomic E-state index is -0.598. The second kappa shape index (κ2) is 8.81. The van der Waals surface area contributed by atoms with Gasteiger partial charge in [-0.15, -0.1) is 0 Å². The number of nitro groups is 1. The molecule has 0 aliphatic carbocycles. The maximum Gasteiger partial charge on any atom is 0.337 e. The van der Waals surface area contributed by atoms with E-state index >= 15 is 0 Å². The molecule has 0 unspecified atom stereocenters. The Balaban J connectivity index is 1.94. The first-order valence-corrected chi connectivity index (χ1v) is 10.5. The minimum absolute atomic E-state index is 0.0667. The topological polar surface area (TPSA) is 105 Å². The highest BCUT2D eigenvalue weighted by Gasteiger charge is 2.20. The van der Waals surface area contributed by atoms with Gasteiger partial charge in [0.25, 0.3) is 11.2 Å². The zero-order valence-electron chi connectivity index (χ0n) is 18.1. The van der Waals surface area contributed by atoms with Crippen LogP contribution in [0.15, 0.2) is 64.4 Å². The summed E-state index contributed by atoms with van der Waals surface area (Å²) in [5.41, 5.74) is -0.0616. The molecular formula is C23H22FN5O4. The van der Waals surface area contributed by atoms with Gasteiger partial charge in [-0.25, -0.2) is 18.7 Å². The van der Waals surface area contributed by atoms with Crippen LogP contribution in [0.1, 0.15) is 25.8 Å². The molecule has 170 valence electrons. The number of imidazole rings is 1. The predicted octanol–water partition coefficient (Wildman–Crippen LogP) is 3.49.